The number of amides is 2. The maximum absolute atomic E-state index is 12.9. The van der Waals surface area contributed by atoms with Crippen molar-refractivity contribution in [2.24, 2.45) is 12.0 Å². The Bertz CT molecular complexity index is 984. The molecule has 1 aromatic heterocycles. The van der Waals surface area contributed by atoms with Crippen LogP contribution in [0.1, 0.15) is 23.2 Å². The number of thioether (sulfide) groups is 1. The molecule has 0 aliphatic carbocycles. The Kier molecular flexibility index (Phi) is 8.02. The van der Waals surface area contributed by atoms with Crippen LogP contribution >= 0.6 is 11.8 Å². The number of aromatic nitrogens is 2. The summed E-state index contributed by atoms with van der Waals surface area (Å²) in [5.74, 6) is -0.105. The summed E-state index contributed by atoms with van der Waals surface area (Å²) in [6.45, 7) is 3.38. The monoisotopic (exact) mass is 441 g/mol. The van der Waals surface area contributed by atoms with Gasteiger partial charge in [-0.05, 0) is 25.0 Å². The van der Waals surface area contributed by atoms with Crippen LogP contribution in [-0.4, -0.2) is 57.7 Å². The lowest BCUT2D eigenvalue weighted by atomic mass is 10.2. The summed E-state index contributed by atoms with van der Waals surface area (Å²) in [6.07, 6.45) is 4.28. The molecule has 31 heavy (non-hydrogen) atoms. The van der Waals surface area contributed by atoms with Gasteiger partial charge in [-0.1, -0.05) is 42.1 Å². The van der Waals surface area contributed by atoms with Crippen molar-refractivity contribution >= 4 is 34.8 Å². The quantitative estimate of drug-likeness (QED) is 0.477. The van der Waals surface area contributed by atoms with Gasteiger partial charge >= 0.3 is 0 Å². The van der Waals surface area contributed by atoms with E-state index in [-0.39, 0.29) is 17.6 Å². The van der Waals surface area contributed by atoms with Crippen molar-refractivity contribution < 1.29 is 14.3 Å². The molecule has 2 heterocycles. The Morgan fingerprint density at radius 3 is 2.74 bits per heavy atom. The summed E-state index contributed by atoms with van der Waals surface area (Å²) in [5.41, 5.74) is 3.05. The summed E-state index contributed by atoms with van der Waals surface area (Å²) in [7, 11) is 3.46. The van der Waals surface area contributed by atoms with Crippen LogP contribution in [0.5, 0.6) is 0 Å². The average molecular weight is 442 g/mol. The van der Waals surface area contributed by atoms with Gasteiger partial charge < -0.3 is 10.1 Å². The van der Waals surface area contributed by atoms with Crippen molar-refractivity contribution in [3.8, 4) is 0 Å². The lowest BCUT2D eigenvalue weighted by Gasteiger charge is -2.17. The first-order chi connectivity index (χ1) is 15.0. The minimum Gasteiger partial charge on any atom is -0.385 e. The highest BCUT2D eigenvalue weighted by Crippen LogP contribution is 2.25. The van der Waals surface area contributed by atoms with E-state index in [9.17, 15) is 9.59 Å². The molecule has 1 N–H and O–H groups in total. The van der Waals surface area contributed by atoms with Gasteiger partial charge in [0.25, 0.3) is 5.91 Å². The number of carbonyl (C=O) groups excluding carboxylic acids is 2. The fourth-order valence-electron chi connectivity index (χ4n) is 3.09. The molecule has 1 aliphatic rings. The highest BCUT2D eigenvalue weighted by molar-refractivity contribution is 8.14. The van der Waals surface area contributed by atoms with Crippen molar-refractivity contribution in [1.82, 2.24) is 20.0 Å². The number of carbonyl (C=O) groups is 2. The van der Waals surface area contributed by atoms with Gasteiger partial charge in [-0.3, -0.25) is 19.2 Å². The van der Waals surface area contributed by atoms with Crippen LogP contribution in [0.25, 0.3) is 6.08 Å². The summed E-state index contributed by atoms with van der Waals surface area (Å²) in [4.78, 5) is 31.4. The molecule has 0 atom stereocenters. The number of methoxy groups -OCH3 is 1. The second-order valence-corrected chi connectivity index (χ2v) is 8.06. The first-order valence-corrected chi connectivity index (χ1v) is 11.0. The molecule has 2 aromatic rings. The second kappa shape index (κ2) is 10.9. The number of nitrogens with zero attached hydrogens (tertiary/aromatic N) is 4. The lowest BCUT2D eigenvalue weighted by molar-refractivity contribution is -0.122. The van der Waals surface area contributed by atoms with E-state index in [0.717, 1.165) is 16.8 Å². The molecule has 1 aliphatic heterocycles. The zero-order valence-electron chi connectivity index (χ0n) is 18.0. The topological polar surface area (TPSA) is 88.8 Å². The number of ether oxygens (including phenoxy) is 1. The largest absolute Gasteiger partial charge is 0.385 e. The van der Waals surface area contributed by atoms with Gasteiger partial charge in [-0.2, -0.15) is 5.10 Å². The number of amidine groups is 1. The van der Waals surface area contributed by atoms with Crippen molar-refractivity contribution in [3.05, 3.63) is 59.0 Å². The predicted molar refractivity (Wildman–Crippen MR) is 122 cm³/mol. The Labute approximate surface area is 186 Å². The van der Waals surface area contributed by atoms with Gasteiger partial charge in [0.05, 0.1) is 11.4 Å². The van der Waals surface area contributed by atoms with E-state index < -0.39 is 0 Å². The Hall–Kier alpha value is -2.91. The summed E-state index contributed by atoms with van der Waals surface area (Å²) in [6, 6.07) is 9.73. The third kappa shape index (κ3) is 6.28. The van der Waals surface area contributed by atoms with Crippen molar-refractivity contribution in [1.29, 1.82) is 0 Å². The van der Waals surface area contributed by atoms with Gasteiger partial charge in [-0.15, -0.1) is 0 Å². The van der Waals surface area contributed by atoms with E-state index in [4.69, 9.17) is 4.74 Å². The van der Waals surface area contributed by atoms with Crippen LogP contribution in [0.3, 0.4) is 0 Å². The molecular weight excluding hydrogens is 414 g/mol. The molecule has 0 radical (unpaired) electrons. The molecule has 1 aromatic carbocycles. The minimum absolute atomic E-state index is 0.110. The van der Waals surface area contributed by atoms with Crippen LogP contribution in [0.2, 0.25) is 0 Å². The Morgan fingerprint density at radius 2 is 2.06 bits per heavy atom. The molecule has 2 amide bonds. The smallest absolute Gasteiger partial charge is 0.278 e. The van der Waals surface area contributed by atoms with Crippen molar-refractivity contribution in [3.63, 3.8) is 0 Å². The van der Waals surface area contributed by atoms with Gasteiger partial charge in [0.15, 0.2) is 5.17 Å². The van der Waals surface area contributed by atoms with Crippen LogP contribution in [0, 0.1) is 6.92 Å². The highest BCUT2D eigenvalue weighted by Gasteiger charge is 2.30. The number of nitrogens with one attached hydrogen (secondary N) is 1. The van der Waals surface area contributed by atoms with E-state index >= 15 is 0 Å². The lowest BCUT2D eigenvalue weighted by Crippen LogP contribution is -2.33. The standard InChI is InChI=1S/C22H27N5O3S/c1-16-18(14-26(2)25-16)12-19-21(29)27(10-7-11-30-3)22(24-19)31-15-20(28)23-13-17-8-5-4-6-9-17/h4-6,8-9,12,14H,7,10-11,13,15H2,1-3H3,(H,23,28)/b19-12+. The van der Waals surface area contributed by atoms with E-state index in [1.165, 1.54) is 11.8 Å². The summed E-state index contributed by atoms with van der Waals surface area (Å²) < 4.78 is 6.81. The Balaban J connectivity index is 1.67. The minimum atomic E-state index is -0.174. The first-order valence-electron chi connectivity index (χ1n) is 10.0. The van der Waals surface area contributed by atoms with E-state index in [2.05, 4.69) is 15.4 Å². The maximum atomic E-state index is 12.9. The van der Waals surface area contributed by atoms with Crippen LogP contribution < -0.4 is 5.32 Å². The molecule has 8 nitrogen and oxygen atoms in total. The highest BCUT2D eigenvalue weighted by atomic mass is 32.2. The molecule has 0 unspecified atom stereocenters. The maximum Gasteiger partial charge on any atom is 0.278 e. The molecule has 0 fully saturated rings. The first kappa shape index (κ1) is 22.8. The van der Waals surface area contributed by atoms with Crippen LogP contribution in [-0.2, 0) is 27.9 Å². The van der Waals surface area contributed by atoms with Crippen molar-refractivity contribution in [2.45, 2.75) is 19.9 Å². The molecule has 164 valence electrons. The van der Waals surface area contributed by atoms with Crippen LogP contribution in [0.4, 0.5) is 0 Å². The van der Waals surface area contributed by atoms with Gasteiger partial charge in [0.2, 0.25) is 5.91 Å². The zero-order chi connectivity index (χ0) is 22.2. The number of rotatable bonds is 9. The fourth-order valence-corrected chi connectivity index (χ4v) is 3.94. The molecule has 0 spiro atoms. The molecule has 0 saturated heterocycles. The number of benzene rings is 1. The third-order valence-corrected chi connectivity index (χ3v) is 5.63. The predicted octanol–water partition coefficient (Wildman–Crippen LogP) is 2.35. The van der Waals surface area contributed by atoms with E-state index in [1.807, 2.05) is 50.5 Å². The third-order valence-electron chi connectivity index (χ3n) is 4.65. The van der Waals surface area contributed by atoms with Gasteiger partial charge in [-0.25, -0.2) is 4.99 Å². The van der Waals surface area contributed by atoms with Crippen LogP contribution in [0.15, 0.2) is 47.2 Å². The number of hydrogen-bond acceptors (Lipinski definition) is 6. The van der Waals surface area contributed by atoms with Crippen molar-refractivity contribution in [2.75, 3.05) is 26.0 Å². The van der Waals surface area contributed by atoms with E-state index in [0.29, 0.717) is 37.0 Å². The SMILES string of the molecule is COCCCN1C(=O)/C(=C\c2cn(C)nc2C)N=C1SCC(=O)NCc1ccccc1. The summed E-state index contributed by atoms with van der Waals surface area (Å²) in [5, 5.41) is 7.74. The number of aliphatic imine (C=N–C) groups is 1. The molecule has 0 bridgehead atoms. The molecule has 0 saturated carbocycles. The average Bonchev–Trinajstić information content (AvgIpc) is 3.24. The van der Waals surface area contributed by atoms with Gasteiger partial charge in [0.1, 0.15) is 5.70 Å². The fraction of sp³-hybridized carbons (Fsp3) is 0.364. The molecule has 3 rings (SSSR count). The second-order valence-electron chi connectivity index (χ2n) is 7.12. The van der Waals surface area contributed by atoms with Gasteiger partial charge in [0, 0.05) is 45.6 Å². The summed E-state index contributed by atoms with van der Waals surface area (Å²) >= 11 is 1.26. The van der Waals surface area contributed by atoms with E-state index in [1.54, 1.807) is 22.8 Å². The number of hydrogen-bond donors (Lipinski definition) is 1. The molecule has 9 heteroatoms. The number of aryl methyl sites for hydroxylation is 2. The zero-order valence-corrected chi connectivity index (χ0v) is 18.8. The Morgan fingerprint density at radius 1 is 1.29 bits per heavy atom. The molecular formula is C22H27N5O3S. The normalized spacial score (nSPS) is 14.9.